The van der Waals surface area contributed by atoms with Gasteiger partial charge in [-0.25, -0.2) is 13.1 Å². The minimum absolute atomic E-state index is 0.0110. The quantitative estimate of drug-likeness (QED) is 0.307. The molecular weight excluding hydrogens is 328 g/mol. The third kappa shape index (κ3) is 10.1. The van der Waals surface area contributed by atoms with E-state index in [1.54, 1.807) is 7.05 Å². The van der Waals surface area contributed by atoms with Gasteiger partial charge in [-0.1, -0.05) is 13.8 Å². The van der Waals surface area contributed by atoms with Crippen LogP contribution in [-0.2, 0) is 14.8 Å². The number of rotatable bonds is 10. The zero-order chi connectivity index (χ0) is 17.8. The number of hydrogen-bond donors (Lipinski definition) is 3. The van der Waals surface area contributed by atoms with Gasteiger partial charge in [0.05, 0.1) is 11.9 Å². The Morgan fingerprint density at radius 3 is 2.62 bits per heavy atom. The molecule has 1 aliphatic heterocycles. The van der Waals surface area contributed by atoms with E-state index < -0.39 is 10.0 Å². The highest BCUT2D eigenvalue weighted by Gasteiger charge is 2.17. The normalized spacial score (nSPS) is 19.5. The standard InChI is InChI=1S/C16H34N4O3S/c1-14(2)7-6-9-18-16(17-3)19-10-12-24(21,22)20-13-15-8-4-5-11-23-15/h14-15,20H,4-13H2,1-3H3,(H2,17,18,19). The Balaban J connectivity index is 2.18. The molecule has 7 nitrogen and oxygen atoms in total. The number of nitrogens with one attached hydrogen (secondary N) is 3. The van der Waals surface area contributed by atoms with Crippen molar-refractivity contribution in [2.45, 2.75) is 52.1 Å². The lowest BCUT2D eigenvalue weighted by Crippen LogP contribution is -2.42. The third-order valence-corrected chi connectivity index (χ3v) is 5.29. The number of guanidine groups is 1. The summed E-state index contributed by atoms with van der Waals surface area (Å²) >= 11 is 0. The van der Waals surface area contributed by atoms with Crippen LogP contribution in [0.5, 0.6) is 0 Å². The Hall–Kier alpha value is -0.860. The fraction of sp³-hybridized carbons (Fsp3) is 0.938. The van der Waals surface area contributed by atoms with E-state index in [0.717, 1.165) is 45.3 Å². The van der Waals surface area contributed by atoms with Gasteiger partial charge in [-0.15, -0.1) is 0 Å². The van der Waals surface area contributed by atoms with E-state index in [0.29, 0.717) is 25.0 Å². The minimum Gasteiger partial charge on any atom is -0.377 e. The monoisotopic (exact) mass is 362 g/mol. The number of hydrogen-bond acceptors (Lipinski definition) is 4. The van der Waals surface area contributed by atoms with Crippen LogP contribution in [0.15, 0.2) is 4.99 Å². The summed E-state index contributed by atoms with van der Waals surface area (Å²) in [5.74, 6) is 1.35. The lowest BCUT2D eigenvalue weighted by Gasteiger charge is -2.22. The fourth-order valence-corrected chi connectivity index (χ4v) is 3.46. The van der Waals surface area contributed by atoms with Gasteiger partial charge in [-0.2, -0.15) is 0 Å². The van der Waals surface area contributed by atoms with Crippen molar-refractivity contribution in [3.8, 4) is 0 Å². The Morgan fingerprint density at radius 2 is 2.00 bits per heavy atom. The molecule has 1 fully saturated rings. The highest BCUT2D eigenvalue weighted by Crippen LogP contribution is 2.11. The van der Waals surface area contributed by atoms with Crippen molar-refractivity contribution >= 4 is 16.0 Å². The van der Waals surface area contributed by atoms with Crippen LogP contribution in [0.1, 0.15) is 46.0 Å². The van der Waals surface area contributed by atoms with Gasteiger partial charge < -0.3 is 15.4 Å². The largest absolute Gasteiger partial charge is 0.377 e. The number of aliphatic imine (C=N–C) groups is 1. The molecule has 1 heterocycles. The SMILES string of the molecule is CN=C(NCCCC(C)C)NCCS(=O)(=O)NCC1CCCCO1. The summed E-state index contributed by atoms with van der Waals surface area (Å²) in [6, 6.07) is 0. The summed E-state index contributed by atoms with van der Waals surface area (Å²) in [4.78, 5) is 4.10. The molecule has 1 rings (SSSR count). The van der Waals surface area contributed by atoms with Crippen LogP contribution in [0.3, 0.4) is 0 Å². The Labute approximate surface area is 147 Å². The summed E-state index contributed by atoms with van der Waals surface area (Å²) in [7, 11) is -1.61. The van der Waals surface area contributed by atoms with Crippen LogP contribution in [-0.4, -0.2) is 59.5 Å². The molecule has 8 heteroatoms. The summed E-state index contributed by atoms with van der Waals surface area (Å²) in [6.45, 7) is 6.65. The van der Waals surface area contributed by atoms with Crippen molar-refractivity contribution in [3.63, 3.8) is 0 Å². The van der Waals surface area contributed by atoms with Crippen molar-refractivity contribution in [1.29, 1.82) is 0 Å². The first-order chi connectivity index (χ1) is 11.4. The van der Waals surface area contributed by atoms with Crippen LogP contribution in [0.2, 0.25) is 0 Å². The first-order valence-corrected chi connectivity index (χ1v) is 10.6. The van der Waals surface area contributed by atoms with E-state index >= 15 is 0 Å². The summed E-state index contributed by atoms with van der Waals surface area (Å²) in [5, 5.41) is 6.24. The molecule has 0 aliphatic carbocycles. The van der Waals surface area contributed by atoms with E-state index in [9.17, 15) is 8.42 Å². The van der Waals surface area contributed by atoms with Crippen molar-refractivity contribution in [1.82, 2.24) is 15.4 Å². The molecule has 0 aromatic heterocycles. The van der Waals surface area contributed by atoms with Crippen LogP contribution in [0.4, 0.5) is 0 Å². The maximum absolute atomic E-state index is 12.0. The molecule has 1 unspecified atom stereocenters. The second-order valence-corrected chi connectivity index (χ2v) is 8.54. The molecule has 1 saturated heterocycles. The fourth-order valence-electron chi connectivity index (χ4n) is 2.50. The number of ether oxygens (including phenoxy) is 1. The predicted molar refractivity (Wildman–Crippen MR) is 98.8 cm³/mol. The van der Waals surface area contributed by atoms with Gasteiger partial charge in [0, 0.05) is 33.3 Å². The average molecular weight is 363 g/mol. The minimum atomic E-state index is -3.30. The van der Waals surface area contributed by atoms with Gasteiger partial charge in [0.2, 0.25) is 10.0 Å². The first kappa shape index (κ1) is 21.2. The predicted octanol–water partition coefficient (Wildman–Crippen LogP) is 1.08. The number of nitrogens with zero attached hydrogens (tertiary/aromatic N) is 1. The van der Waals surface area contributed by atoms with E-state index in [2.05, 4.69) is 34.2 Å². The van der Waals surface area contributed by atoms with E-state index in [4.69, 9.17) is 4.74 Å². The van der Waals surface area contributed by atoms with Crippen molar-refractivity contribution in [3.05, 3.63) is 0 Å². The molecular formula is C16H34N4O3S. The second kappa shape index (κ2) is 11.7. The highest BCUT2D eigenvalue weighted by molar-refractivity contribution is 7.89. The maximum atomic E-state index is 12.0. The molecule has 0 amide bonds. The van der Waals surface area contributed by atoms with Crippen LogP contribution >= 0.6 is 0 Å². The van der Waals surface area contributed by atoms with Crippen molar-refractivity contribution in [2.24, 2.45) is 10.9 Å². The molecule has 0 aromatic rings. The van der Waals surface area contributed by atoms with Crippen LogP contribution in [0, 0.1) is 5.92 Å². The van der Waals surface area contributed by atoms with Gasteiger partial charge in [0.1, 0.15) is 0 Å². The molecule has 24 heavy (non-hydrogen) atoms. The molecule has 3 N–H and O–H groups in total. The Bertz CT molecular complexity index is 460. The molecule has 0 bridgehead atoms. The van der Waals surface area contributed by atoms with Gasteiger partial charge >= 0.3 is 0 Å². The lowest BCUT2D eigenvalue weighted by molar-refractivity contribution is 0.0200. The second-order valence-electron chi connectivity index (χ2n) is 6.62. The molecule has 1 atom stereocenters. The molecule has 142 valence electrons. The van der Waals surface area contributed by atoms with E-state index in [1.165, 1.54) is 0 Å². The molecule has 0 saturated carbocycles. The van der Waals surface area contributed by atoms with E-state index in [1.807, 2.05) is 0 Å². The van der Waals surface area contributed by atoms with Crippen molar-refractivity contribution < 1.29 is 13.2 Å². The molecule has 1 aliphatic rings. The van der Waals surface area contributed by atoms with Crippen LogP contribution in [0.25, 0.3) is 0 Å². The summed E-state index contributed by atoms with van der Waals surface area (Å²) in [6.07, 6.45) is 5.33. The molecule has 0 aromatic carbocycles. The van der Waals surface area contributed by atoms with Gasteiger partial charge in [0.15, 0.2) is 5.96 Å². The van der Waals surface area contributed by atoms with Gasteiger partial charge in [0.25, 0.3) is 0 Å². The number of sulfonamides is 1. The van der Waals surface area contributed by atoms with Crippen molar-refractivity contribution in [2.75, 3.05) is 39.0 Å². The van der Waals surface area contributed by atoms with Crippen LogP contribution < -0.4 is 15.4 Å². The maximum Gasteiger partial charge on any atom is 0.213 e. The lowest BCUT2D eigenvalue weighted by atomic mass is 10.1. The Morgan fingerprint density at radius 1 is 1.25 bits per heavy atom. The average Bonchev–Trinajstić information content (AvgIpc) is 2.56. The zero-order valence-corrected chi connectivity index (χ0v) is 16.1. The molecule has 0 radical (unpaired) electrons. The molecule has 0 spiro atoms. The van der Waals surface area contributed by atoms with E-state index in [-0.39, 0.29) is 11.9 Å². The first-order valence-electron chi connectivity index (χ1n) is 8.96. The Kier molecular flexibility index (Phi) is 10.3. The topological polar surface area (TPSA) is 91.8 Å². The summed E-state index contributed by atoms with van der Waals surface area (Å²) in [5.41, 5.74) is 0. The highest BCUT2D eigenvalue weighted by atomic mass is 32.2. The third-order valence-electron chi connectivity index (χ3n) is 3.94. The zero-order valence-electron chi connectivity index (χ0n) is 15.3. The summed E-state index contributed by atoms with van der Waals surface area (Å²) < 4.78 is 32.2. The smallest absolute Gasteiger partial charge is 0.213 e. The van der Waals surface area contributed by atoms with Gasteiger partial charge in [-0.05, 0) is 38.0 Å². The van der Waals surface area contributed by atoms with Gasteiger partial charge in [-0.3, -0.25) is 4.99 Å².